The Morgan fingerprint density at radius 1 is 1.48 bits per heavy atom. The van der Waals surface area contributed by atoms with Crippen molar-refractivity contribution >= 4 is 12.0 Å². The molecule has 0 bridgehead atoms. The average molecular weight is 285 g/mol. The van der Waals surface area contributed by atoms with Gasteiger partial charge in [0.1, 0.15) is 5.60 Å². The molecule has 0 amide bonds. The van der Waals surface area contributed by atoms with Gasteiger partial charge in [0.05, 0.1) is 17.0 Å². The summed E-state index contributed by atoms with van der Waals surface area (Å²) in [4.78, 5) is 11.0. The standard InChI is InChI=1S/C17H19NO3/c1-12(2)17(21,16(11-18)8-9-16)7-6-13-4-3-5-14(10-13)15(19)20/h3-7,10,12,21H,8-9H2,1-2H3,(H,19,20)/b7-6+/t17-/m0/s1. The zero-order valence-corrected chi connectivity index (χ0v) is 12.2. The van der Waals surface area contributed by atoms with E-state index in [9.17, 15) is 15.2 Å². The molecule has 1 aromatic carbocycles. The molecule has 1 aromatic rings. The maximum Gasteiger partial charge on any atom is 0.335 e. The molecular weight excluding hydrogens is 266 g/mol. The molecule has 2 rings (SSSR count). The van der Waals surface area contributed by atoms with E-state index in [0.717, 1.165) is 0 Å². The number of nitriles is 1. The third-order valence-corrected chi connectivity index (χ3v) is 4.27. The highest BCUT2D eigenvalue weighted by molar-refractivity contribution is 5.88. The lowest BCUT2D eigenvalue weighted by Gasteiger charge is -2.33. The van der Waals surface area contributed by atoms with Crippen molar-refractivity contribution in [2.24, 2.45) is 11.3 Å². The zero-order valence-electron chi connectivity index (χ0n) is 12.2. The lowest BCUT2D eigenvalue weighted by atomic mass is 9.76. The summed E-state index contributed by atoms with van der Waals surface area (Å²) in [6.07, 6.45) is 4.73. The molecule has 0 heterocycles. The quantitative estimate of drug-likeness (QED) is 0.871. The van der Waals surface area contributed by atoms with Crippen LogP contribution in [0.25, 0.3) is 6.08 Å². The van der Waals surface area contributed by atoms with Gasteiger partial charge in [0.2, 0.25) is 0 Å². The van der Waals surface area contributed by atoms with Crippen molar-refractivity contribution in [3.63, 3.8) is 0 Å². The number of benzene rings is 1. The fraction of sp³-hybridized carbons (Fsp3) is 0.412. The second kappa shape index (κ2) is 5.34. The number of rotatable bonds is 5. The monoisotopic (exact) mass is 285 g/mol. The number of carbonyl (C=O) groups is 1. The maximum absolute atomic E-state index is 11.0. The predicted molar refractivity (Wildman–Crippen MR) is 79.5 cm³/mol. The number of nitrogens with zero attached hydrogens (tertiary/aromatic N) is 1. The Kier molecular flexibility index (Phi) is 3.89. The summed E-state index contributed by atoms with van der Waals surface area (Å²) in [5, 5.41) is 29.2. The van der Waals surface area contributed by atoms with Crippen LogP contribution in [0.15, 0.2) is 30.3 Å². The largest absolute Gasteiger partial charge is 0.478 e. The number of carboxylic acids is 1. The van der Waals surface area contributed by atoms with E-state index in [0.29, 0.717) is 18.4 Å². The molecular formula is C17H19NO3. The smallest absolute Gasteiger partial charge is 0.335 e. The number of hydrogen-bond donors (Lipinski definition) is 2. The van der Waals surface area contributed by atoms with Crippen LogP contribution in [0.2, 0.25) is 0 Å². The second-order valence-corrected chi connectivity index (χ2v) is 5.94. The van der Waals surface area contributed by atoms with Crippen molar-refractivity contribution in [2.75, 3.05) is 0 Å². The van der Waals surface area contributed by atoms with Gasteiger partial charge in [0.15, 0.2) is 0 Å². The fourth-order valence-electron chi connectivity index (χ4n) is 2.63. The first-order valence-electron chi connectivity index (χ1n) is 7.01. The van der Waals surface area contributed by atoms with E-state index in [1.807, 2.05) is 13.8 Å². The Hall–Kier alpha value is -2.12. The van der Waals surface area contributed by atoms with Crippen molar-refractivity contribution < 1.29 is 15.0 Å². The molecule has 1 aliphatic rings. The normalized spacial score (nSPS) is 19.2. The van der Waals surface area contributed by atoms with E-state index in [1.54, 1.807) is 30.4 Å². The van der Waals surface area contributed by atoms with Crippen LogP contribution in [0, 0.1) is 22.7 Å². The van der Waals surface area contributed by atoms with E-state index < -0.39 is 17.0 Å². The Labute approximate surface area is 124 Å². The van der Waals surface area contributed by atoms with Crippen molar-refractivity contribution in [3.8, 4) is 6.07 Å². The first-order chi connectivity index (χ1) is 9.84. The molecule has 1 atom stereocenters. The van der Waals surface area contributed by atoms with Crippen molar-refractivity contribution in [1.29, 1.82) is 5.26 Å². The average Bonchev–Trinajstić information content (AvgIpc) is 3.26. The second-order valence-electron chi connectivity index (χ2n) is 5.94. The topological polar surface area (TPSA) is 81.3 Å². The molecule has 4 nitrogen and oxygen atoms in total. The van der Waals surface area contributed by atoms with Gasteiger partial charge in [-0.2, -0.15) is 5.26 Å². The van der Waals surface area contributed by atoms with E-state index in [-0.39, 0.29) is 11.5 Å². The third kappa shape index (κ3) is 2.70. The lowest BCUT2D eigenvalue weighted by Crippen LogP contribution is -2.42. The number of carboxylic acid groups (broad SMARTS) is 1. The molecule has 4 heteroatoms. The van der Waals surface area contributed by atoms with E-state index in [1.165, 1.54) is 6.07 Å². The SMILES string of the molecule is CC(C)[C@@](O)(/C=C/c1cccc(C(=O)O)c1)C1(C#N)CC1. The van der Waals surface area contributed by atoms with Gasteiger partial charge in [-0.1, -0.05) is 38.1 Å². The first kappa shape index (κ1) is 15.3. The summed E-state index contributed by atoms with van der Waals surface area (Å²) in [7, 11) is 0. The number of aliphatic hydroxyl groups is 1. The molecule has 0 saturated heterocycles. The molecule has 110 valence electrons. The minimum absolute atomic E-state index is 0.0986. The van der Waals surface area contributed by atoms with Gasteiger partial charge in [-0.3, -0.25) is 0 Å². The maximum atomic E-state index is 11.0. The van der Waals surface area contributed by atoms with Gasteiger partial charge < -0.3 is 10.2 Å². The fourth-order valence-corrected chi connectivity index (χ4v) is 2.63. The van der Waals surface area contributed by atoms with Gasteiger partial charge >= 0.3 is 5.97 Å². The molecule has 0 aromatic heterocycles. The minimum atomic E-state index is -1.19. The van der Waals surface area contributed by atoms with E-state index >= 15 is 0 Å². The van der Waals surface area contributed by atoms with Crippen LogP contribution in [0.3, 0.4) is 0 Å². The Balaban J connectivity index is 2.32. The highest BCUT2D eigenvalue weighted by Crippen LogP contribution is 2.56. The van der Waals surface area contributed by atoms with Crippen LogP contribution in [0.1, 0.15) is 42.6 Å². The first-order valence-corrected chi connectivity index (χ1v) is 7.01. The van der Waals surface area contributed by atoms with Crippen LogP contribution in [0.5, 0.6) is 0 Å². The molecule has 0 radical (unpaired) electrons. The van der Waals surface area contributed by atoms with Gasteiger partial charge in [0, 0.05) is 0 Å². The minimum Gasteiger partial charge on any atom is -0.478 e. The highest BCUT2D eigenvalue weighted by atomic mass is 16.4. The van der Waals surface area contributed by atoms with Crippen molar-refractivity contribution in [2.45, 2.75) is 32.3 Å². The van der Waals surface area contributed by atoms with Gasteiger partial charge in [-0.15, -0.1) is 0 Å². The summed E-state index contributed by atoms with van der Waals surface area (Å²) in [6, 6.07) is 8.75. The van der Waals surface area contributed by atoms with Crippen molar-refractivity contribution in [1.82, 2.24) is 0 Å². The van der Waals surface area contributed by atoms with E-state index in [4.69, 9.17) is 5.11 Å². The predicted octanol–water partition coefficient (Wildman–Crippen LogP) is 3.09. The van der Waals surface area contributed by atoms with Crippen LogP contribution >= 0.6 is 0 Å². The third-order valence-electron chi connectivity index (χ3n) is 4.27. The van der Waals surface area contributed by atoms with Gasteiger partial charge in [0.25, 0.3) is 0 Å². The Morgan fingerprint density at radius 3 is 2.62 bits per heavy atom. The van der Waals surface area contributed by atoms with Crippen LogP contribution in [-0.2, 0) is 0 Å². The molecule has 2 N–H and O–H groups in total. The number of aromatic carboxylic acids is 1. The molecule has 1 aliphatic carbocycles. The van der Waals surface area contributed by atoms with Crippen LogP contribution < -0.4 is 0 Å². The van der Waals surface area contributed by atoms with Gasteiger partial charge in [-0.25, -0.2) is 4.79 Å². The number of hydrogen-bond acceptors (Lipinski definition) is 3. The summed E-state index contributed by atoms with van der Waals surface area (Å²) in [6.45, 7) is 3.77. The summed E-state index contributed by atoms with van der Waals surface area (Å²) >= 11 is 0. The summed E-state index contributed by atoms with van der Waals surface area (Å²) in [5.74, 6) is -1.08. The zero-order chi connectivity index (χ0) is 15.7. The summed E-state index contributed by atoms with van der Waals surface area (Å²) < 4.78 is 0. The van der Waals surface area contributed by atoms with Crippen LogP contribution in [-0.4, -0.2) is 21.8 Å². The lowest BCUT2D eigenvalue weighted by molar-refractivity contribution is -0.00417. The Morgan fingerprint density at radius 2 is 2.14 bits per heavy atom. The molecule has 21 heavy (non-hydrogen) atoms. The molecule has 1 fully saturated rings. The molecule has 1 saturated carbocycles. The van der Waals surface area contributed by atoms with Crippen LogP contribution in [0.4, 0.5) is 0 Å². The molecule has 0 spiro atoms. The molecule has 0 unspecified atom stereocenters. The Bertz CT molecular complexity index is 623. The summed E-state index contributed by atoms with van der Waals surface area (Å²) in [5.41, 5.74) is -1.00. The molecule has 0 aliphatic heterocycles. The van der Waals surface area contributed by atoms with Gasteiger partial charge in [-0.05, 0) is 36.5 Å². The highest BCUT2D eigenvalue weighted by Gasteiger charge is 2.59. The van der Waals surface area contributed by atoms with E-state index in [2.05, 4.69) is 6.07 Å². The van der Waals surface area contributed by atoms with Crippen molar-refractivity contribution in [3.05, 3.63) is 41.5 Å².